The molecule has 1 N–H and O–H groups in total. The van der Waals surface area contributed by atoms with Gasteiger partial charge in [-0.2, -0.15) is 0 Å². The Morgan fingerprint density at radius 3 is 2.39 bits per heavy atom. The Morgan fingerprint density at radius 1 is 1.17 bits per heavy atom. The molecule has 0 bridgehead atoms. The molecule has 0 saturated carbocycles. The molecule has 3 nitrogen and oxygen atoms in total. The van der Waals surface area contributed by atoms with Gasteiger partial charge in [0.1, 0.15) is 0 Å². The van der Waals surface area contributed by atoms with E-state index < -0.39 is 17.7 Å². The van der Waals surface area contributed by atoms with E-state index in [2.05, 4.69) is 0 Å². The highest BCUT2D eigenvalue weighted by Crippen LogP contribution is 2.30. The summed E-state index contributed by atoms with van der Waals surface area (Å²) in [5.41, 5.74) is 4.51. The van der Waals surface area contributed by atoms with E-state index in [1.807, 2.05) is 52.8 Å². The number of aliphatic hydroxyl groups is 1. The topological polar surface area (TPSA) is 54.4 Å². The van der Waals surface area contributed by atoms with Crippen LogP contribution in [0.3, 0.4) is 0 Å². The lowest BCUT2D eigenvalue weighted by atomic mass is 9.80. The van der Waals surface area contributed by atoms with Crippen molar-refractivity contribution in [3.8, 4) is 0 Å². The lowest BCUT2D eigenvalue weighted by Gasteiger charge is -2.22. The van der Waals surface area contributed by atoms with Gasteiger partial charge in [0, 0.05) is 17.6 Å². The van der Waals surface area contributed by atoms with Crippen LogP contribution in [-0.2, 0) is 11.2 Å². The number of Topliss-reactive ketones (excluding diaryl/α,β-unsaturated/α-hetero) is 2. The molecule has 1 aliphatic carbocycles. The first-order valence-electron chi connectivity index (χ1n) is 7.98. The van der Waals surface area contributed by atoms with Crippen molar-refractivity contribution in [2.24, 2.45) is 5.92 Å². The number of hydrogen-bond donors (Lipinski definition) is 1. The van der Waals surface area contributed by atoms with Crippen molar-refractivity contribution in [2.45, 2.75) is 47.1 Å². The fraction of sp³-hybridized carbons (Fsp3) is 0.400. The molecule has 23 heavy (non-hydrogen) atoms. The Bertz CT molecular complexity index is 717. The number of carbonyl (C=O) groups excluding carboxylic acids is 2. The third-order valence-electron chi connectivity index (χ3n) is 4.15. The molecule has 0 saturated heterocycles. The standard InChI is InChI=1S/C20H24O3/c1-11(2)8-15(21)10-17-13(5)6-7-14-9-16(12(3)4)19(22)20(23)18(14)17/h6-9,12,15,21H,10H2,1-5H3/t15-/m0/s1. The third kappa shape index (κ3) is 3.50. The van der Waals surface area contributed by atoms with Crippen molar-refractivity contribution in [3.05, 3.63) is 51.6 Å². The van der Waals surface area contributed by atoms with Crippen LogP contribution in [0.25, 0.3) is 6.08 Å². The highest BCUT2D eigenvalue weighted by molar-refractivity contribution is 6.52. The number of allylic oxidation sites excluding steroid dienone is 2. The van der Waals surface area contributed by atoms with E-state index in [0.29, 0.717) is 17.6 Å². The first-order chi connectivity index (χ1) is 10.7. The van der Waals surface area contributed by atoms with Crippen LogP contribution < -0.4 is 0 Å². The van der Waals surface area contributed by atoms with E-state index in [0.717, 1.165) is 22.3 Å². The molecule has 0 heterocycles. The van der Waals surface area contributed by atoms with Gasteiger partial charge in [-0.15, -0.1) is 0 Å². The van der Waals surface area contributed by atoms with Crippen molar-refractivity contribution in [2.75, 3.05) is 0 Å². The maximum Gasteiger partial charge on any atom is 0.234 e. The van der Waals surface area contributed by atoms with Crippen LogP contribution in [-0.4, -0.2) is 22.8 Å². The minimum atomic E-state index is -0.663. The fourth-order valence-corrected chi connectivity index (χ4v) is 2.98. The fourth-order valence-electron chi connectivity index (χ4n) is 2.98. The number of ketones is 2. The average molecular weight is 312 g/mol. The highest BCUT2D eigenvalue weighted by atomic mass is 16.3. The van der Waals surface area contributed by atoms with E-state index in [1.54, 1.807) is 6.08 Å². The van der Waals surface area contributed by atoms with Crippen LogP contribution >= 0.6 is 0 Å². The Hall–Kier alpha value is -2.00. The monoisotopic (exact) mass is 312 g/mol. The van der Waals surface area contributed by atoms with Gasteiger partial charge in [0.25, 0.3) is 0 Å². The maximum absolute atomic E-state index is 12.6. The molecule has 0 fully saturated rings. The molecule has 0 spiro atoms. The molecule has 1 aromatic carbocycles. The number of aryl methyl sites for hydroxylation is 1. The van der Waals surface area contributed by atoms with Crippen LogP contribution in [0.2, 0.25) is 0 Å². The Kier molecular flexibility index (Phi) is 5.00. The van der Waals surface area contributed by atoms with E-state index >= 15 is 0 Å². The zero-order chi connectivity index (χ0) is 17.3. The Morgan fingerprint density at radius 2 is 1.83 bits per heavy atom. The van der Waals surface area contributed by atoms with Gasteiger partial charge in [0.2, 0.25) is 11.6 Å². The van der Waals surface area contributed by atoms with Crippen molar-refractivity contribution in [1.29, 1.82) is 0 Å². The van der Waals surface area contributed by atoms with E-state index in [4.69, 9.17) is 0 Å². The van der Waals surface area contributed by atoms with Gasteiger partial charge in [0.15, 0.2) is 0 Å². The predicted octanol–water partition coefficient (Wildman–Crippen LogP) is 3.67. The first kappa shape index (κ1) is 17.4. The molecule has 0 amide bonds. The van der Waals surface area contributed by atoms with Crippen LogP contribution in [0.15, 0.2) is 29.4 Å². The van der Waals surface area contributed by atoms with Crippen LogP contribution in [0.5, 0.6) is 0 Å². The lowest BCUT2D eigenvalue weighted by molar-refractivity contribution is -0.112. The molecular weight excluding hydrogens is 288 g/mol. The Labute approximate surface area is 137 Å². The molecule has 1 aromatic rings. The van der Waals surface area contributed by atoms with Gasteiger partial charge in [-0.3, -0.25) is 9.59 Å². The number of fused-ring (bicyclic) bond motifs is 1. The molecule has 0 unspecified atom stereocenters. The maximum atomic E-state index is 12.6. The number of aliphatic hydroxyl groups excluding tert-OH is 1. The van der Waals surface area contributed by atoms with Crippen LogP contribution in [0, 0.1) is 12.8 Å². The summed E-state index contributed by atoms with van der Waals surface area (Å²) in [7, 11) is 0. The summed E-state index contributed by atoms with van der Waals surface area (Å²) >= 11 is 0. The minimum Gasteiger partial charge on any atom is -0.389 e. The van der Waals surface area contributed by atoms with Crippen LogP contribution in [0.1, 0.15) is 54.7 Å². The summed E-state index contributed by atoms with van der Waals surface area (Å²) in [6, 6.07) is 3.83. The summed E-state index contributed by atoms with van der Waals surface area (Å²) in [6.45, 7) is 9.57. The molecule has 1 atom stereocenters. The van der Waals surface area contributed by atoms with Gasteiger partial charge in [0.05, 0.1) is 6.10 Å². The van der Waals surface area contributed by atoms with Gasteiger partial charge in [-0.25, -0.2) is 0 Å². The zero-order valence-corrected chi connectivity index (χ0v) is 14.4. The molecule has 0 aromatic heterocycles. The second kappa shape index (κ2) is 6.63. The summed E-state index contributed by atoms with van der Waals surface area (Å²) in [5.74, 6) is -0.856. The minimum absolute atomic E-state index is 0.0145. The Balaban J connectivity index is 2.56. The van der Waals surface area contributed by atoms with Gasteiger partial charge in [-0.1, -0.05) is 37.6 Å². The van der Waals surface area contributed by atoms with Gasteiger partial charge < -0.3 is 5.11 Å². The second-order valence-corrected chi connectivity index (χ2v) is 6.75. The van der Waals surface area contributed by atoms with Gasteiger partial charge >= 0.3 is 0 Å². The third-order valence-corrected chi connectivity index (χ3v) is 4.15. The smallest absolute Gasteiger partial charge is 0.234 e. The normalized spacial score (nSPS) is 15.3. The largest absolute Gasteiger partial charge is 0.389 e. The molecular formula is C20H24O3. The molecule has 122 valence electrons. The van der Waals surface area contributed by atoms with E-state index in [1.165, 1.54) is 0 Å². The number of rotatable bonds is 4. The number of benzene rings is 1. The van der Waals surface area contributed by atoms with E-state index in [9.17, 15) is 14.7 Å². The lowest BCUT2D eigenvalue weighted by Crippen LogP contribution is -2.26. The molecule has 2 rings (SSSR count). The SMILES string of the molecule is CC(C)=C[C@H](O)Cc1c(C)ccc2c1C(=O)C(=O)C(C(C)C)=C2. The summed E-state index contributed by atoms with van der Waals surface area (Å²) in [6.07, 6.45) is 3.26. The number of carbonyl (C=O) groups is 2. The quantitative estimate of drug-likeness (QED) is 0.682. The molecule has 1 aliphatic rings. The molecule has 0 radical (unpaired) electrons. The van der Waals surface area contributed by atoms with Crippen molar-refractivity contribution in [3.63, 3.8) is 0 Å². The van der Waals surface area contributed by atoms with Crippen molar-refractivity contribution in [1.82, 2.24) is 0 Å². The van der Waals surface area contributed by atoms with Crippen molar-refractivity contribution < 1.29 is 14.7 Å². The zero-order valence-electron chi connectivity index (χ0n) is 14.4. The average Bonchev–Trinajstić information content (AvgIpc) is 2.44. The molecule has 0 aliphatic heterocycles. The summed E-state index contributed by atoms with van der Waals surface area (Å²) < 4.78 is 0. The molecule has 3 heteroatoms. The number of hydrogen-bond acceptors (Lipinski definition) is 3. The van der Waals surface area contributed by atoms with Crippen molar-refractivity contribution >= 4 is 17.6 Å². The predicted molar refractivity (Wildman–Crippen MR) is 92.5 cm³/mol. The summed E-state index contributed by atoms with van der Waals surface area (Å²) in [5, 5.41) is 10.2. The van der Waals surface area contributed by atoms with Gasteiger partial charge in [-0.05, 0) is 49.5 Å². The second-order valence-electron chi connectivity index (χ2n) is 6.75. The van der Waals surface area contributed by atoms with Crippen LogP contribution in [0.4, 0.5) is 0 Å². The summed E-state index contributed by atoms with van der Waals surface area (Å²) in [4.78, 5) is 25.0. The first-order valence-corrected chi connectivity index (χ1v) is 7.98. The highest BCUT2D eigenvalue weighted by Gasteiger charge is 2.31. The van der Waals surface area contributed by atoms with E-state index in [-0.39, 0.29) is 5.92 Å².